The van der Waals surface area contributed by atoms with Crippen molar-refractivity contribution in [1.29, 1.82) is 0 Å². The van der Waals surface area contributed by atoms with Crippen molar-refractivity contribution in [3.63, 3.8) is 0 Å². The third-order valence-corrected chi connectivity index (χ3v) is 4.47. The van der Waals surface area contributed by atoms with Crippen LogP contribution in [-0.4, -0.2) is 20.0 Å². The summed E-state index contributed by atoms with van der Waals surface area (Å²) in [7, 11) is -3.78. The second kappa shape index (κ2) is 6.50. The summed E-state index contributed by atoms with van der Waals surface area (Å²) in [6.45, 7) is 1.73. The van der Waals surface area contributed by atoms with Gasteiger partial charge in [0.15, 0.2) is 0 Å². The van der Waals surface area contributed by atoms with E-state index in [1.807, 2.05) is 0 Å². The summed E-state index contributed by atoms with van der Waals surface area (Å²) >= 11 is 0. The highest BCUT2D eigenvalue weighted by Gasteiger charge is 2.28. The molecule has 0 spiro atoms. The molecule has 2 aromatic rings. The molecular weight excluding hydrogens is 342 g/mol. The van der Waals surface area contributed by atoms with Gasteiger partial charge in [0.05, 0.1) is 28.1 Å². The Morgan fingerprint density at radius 3 is 2.52 bits per heavy atom. The van der Waals surface area contributed by atoms with Crippen LogP contribution in [0.5, 0.6) is 0 Å². The standard InChI is InChI=1S/C17H15N3O4S/c1-12-16(6-2-4-14-5-3-11-24-14)17(21)20(19-12)13-7-9-15(10-8-13)25(18,22)23/h2-11H,1H3,(H2,18,22,23)/b4-2+,16-6-. The van der Waals surface area contributed by atoms with E-state index in [-0.39, 0.29) is 10.8 Å². The van der Waals surface area contributed by atoms with Crippen LogP contribution in [0, 0.1) is 0 Å². The molecule has 128 valence electrons. The van der Waals surface area contributed by atoms with E-state index in [0.29, 0.717) is 22.7 Å². The number of carbonyl (C=O) groups is 1. The van der Waals surface area contributed by atoms with E-state index >= 15 is 0 Å². The van der Waals surface area contributed by atoms with E-state index in [9.17, 15) is 13.2 Å². The molecule has 2 heterocycles. The number of nitrogens with two attached hydrogens (primary N) is 1. The van der Waals surface area contributed by atoms with Crippen molar-refractivity contribution in [2.24, 2.45) is 10.2 Å². The Balaban J connectivity index is 1.82. The number of anilines is 1. The number of hydrazone groups is 1. The summed E-state index contributed by atoms with van der Waals surface area (Å²) in [6.07, 6.45) is 6.66. The Hall–Kier alpha value is -2.97. The molecule has 1 aromatic carbocycles. The van der Waals surface area contributed by atoms with E-state index in [1.165, 1.54) is 29.3 Å². The van der Waals surface area contributed by atoms with Gasteiger partial charge >= 0.3 is 0 Å². The summed E-state index contributed by atoms with van der Waals surface area (Å²) in [5.41, 5.74) is 1.46. The summed E-state index contributed by atoms with van der Waals surface area (Å²) < 4.78 is 27.8. The van der Waals surface area contributed by atoms with Crippen LogP contribution in [0.4, 0.5) is 5.69 Å². The lowest BCUT2D eigenvalue weighted by atomic mass is 10.1. The zero-order valence-electron chi connectivity index (χ0n) is 13.3. The number of hydrogen-bond acceptors (Lipinski definition) is 5. The number of carbonyl (C=O) groups excluding carboxylic acids is 1. The number of allylic oxidation sites excluding steroid dienone is 2. The van der Waals surface area contributed by atoms with Crippen LogP contribution < -0.4 is 10.1 Å². The normalized spacial score (nSPS) is 16.9. The van der Waals surface area contributed by atoms with Crippen molar-refractivity contribution < 1.29 is 17.6 Å². The third kappa shape index (κ3) is 3.59. The number of nitrogens with zero attached hydrogens (tertiary/aromatic N) is 2. The molecule has 8 heteroatoms. The molecule has 7 nitrogen and oxygen atoms in total. The van der Waals surface area contributed by atoms with E-state index < -0.39 is 10.0 Å². The van der Waals surface area contributed by atoms with Gasteiger partial charge in [-0.05, 0) is 55.5 Å². The third-order valence-electron chi connectivity index (χ3n) is 3.54. The predicted octanol–water partition coefficient (Wildman–Crippen LogP) is 2.29. The van der Waals surface area contributed by atoms with Gasteiger partial charge in [0, 0.05) is 0 Å². The predicted molar refractivity (Wildman–Crippen MR) is 94.2 cm³/mol. The first-order valence-corrected chi connectivity index (χ1v) is 8.85. The van der Waals surface area contributed by atoms with Crippen LogP contribution >= 0.6 is 0 Å². The Bertz CT molecular complexity index is 985. The molecule has 0 radical (unpaired) electrons. The highest BCUT2D eigenvalue weighted by Crippen LogP contribution is 2.24. The van der Waals surface area contributed by atoms with Gasteiger partial charge in [-0.3, -0.25) is 4.79 Å². The number of furan rings is 1. The molecule has 0 unspecified atom stereocenters. The molecule has 1 amide bonds. The first-order valence-electron chi connectivity index (χ1n) is 7.31. The van der Waals surface area contributed by atoms with Crippen LogP contribution in [-0.2, 0) is 14.8 Å². The Morgan fingerprint density at radius 1 is 1.20 bits per heavy atom. The lowest BCUT2D eigenvalue weighted by Gasteiger charge is -2.11. The minimum absolute atomic E-state index is 0.0271. The van der Waals surface area contributed by atoms with Crippen molar-refractivity contribution >= 4 is 33.4 Å². The molecule has 0 fully saturated rings. The zero-order valence-corrected chi connectivity index (χ0v) is 14.1. The van der Waals surface area contributed by atoms with Crippen molar-refractivity contribution in [2.45, 2.75) is 11.8 Å². The van der Waals surface area contributed by atoms with Crippen LogP contribution in [0.2, 0.25) is 0 Å². The Morgan fingerprint density at radius 2 is 1.92 bits per heavy atom. The highest BCUT2D eigenvalue weighted by molar-refractivity contribution is 7.89. The summed E-state index contributed by atoms with van der Waals surface area (Å²) in [6, 6.07) is 9.20. The van der Waals surface area contributed by atoms with Gasteiger partial charge < -0.3 is 4.42 Å². The quantitative estimate of drug-likeness (QED) is 0.847. The molecule has 0 saturated carbocycles. The molecular formula is C17H15N3O4S. The number of sulfonamides is 1. The van der Waals surface area contributed by atoms with Crippen LogP contribution in [0.25, 0.3) is 6.08 Å². The molecule has 1 aromatic heterocycles. The average molecular weight is 357 g/mol. The fraction of sp³-hybridized carbons (Fsp3) is 0.0588. The zero-order chi connectivity index (χ0) is 18.0. The fourth-order valence-electron chi connectivity index (χ4n) is 2.29. The summed E-state index contributed by atoms with van der Waals surface area (Å²) in [5.74, 6) is 0.372. The Labute approximate surface area is 144 Å². The topological polar surface area (TPSA) is 106 Å². The number of hydrogen-bond donors (Lipinski definition) is 1. The maximum absolute atomic E-state index is 12.5. The number of rotatable bonds is 4. The maximum atomic E-state index is 12.5. The van der Waals surface area contributed by atoms with Crippen LogP contribution in [0.3, 0.4) is 0 Å². The van der Waals surface area contributed by atoms with Gasteiger partial charge in [0.2, 0.25) is 10.0 Å². The molecule has 0 saturated heterocycles. The fourth-order valence-corrected chi connectivity index (χ4v) is 2.80. The summed E-state index contributed by atoms with van der Waals surface area (Å²) in [4.78, 5) is 12.5. The molecule has 0 atom stereocenters. The lowest BCUT2D eigenvalue weighted by Crippen LogP contribution is -2.21. The van der Waals surface area contributed by atoms with Crippen LogP contribution in [0.1, 0.15) is 12.7 Å². The second-order valence-corrected chi connectivity index (χ2v) is 6.86. The highest BCUT2D eigenvalue weighted by atomic mass is 32.2. The van der Waals surface area contributed by atoms with E-state index in [4.69, 9.17) is 9.56 Å². The monoisotopic (exact) mass is 357 g/mol. The van der Waals surface area contributed by atoms with Crippen molar-refractivity contribution in [2.75, 3.05) is 5.01 Å². The minimum atomic E-state index is -3.78. The second-order valence-electron chi connectivity index (χ2n) is 5.30. The van der Waals surface area contributed by atoms with E-state index in [1.54, 1.807) is 43.5 Å². The molecule has 2 N–H and O–H groups in total. The minimum Gasteiger partial charge on any atom is -0.465 e. The maximum Gasteiger partial charge on any atom is 0.280 e. The number of primary sulfonamides is 1. The SMILES string of the molecule is CC1=NN(c2ccc(S(N)(=O)=O)cc2)C(=O)/C1=C\C=C\c1ccco1. The lowest BCUT2D eigenvalue weighted by molar-refractivity contribution is -0.114. The van der Waals surface area contributed by atoms with Gasteiger partial charge in [-0.2, -0.15) is 10.1 Å². The van der Waals surface area contributed by atoms with Gasteiger partial charge in [0.1, 0.15) is 5.76 Å². The van der Waals surface area contributed by atoms with Crippen molar-refractivity contribution in [1.82, 2.24) is 0 Å². The van der Waals surface area contributed by atoms with Gasteiger partial charge in [-0.15, -0.1) is 0 Å². The first-order chi connectivity index (χ1) is 11.9. The first kappa shape index (κ1) is 16.9. The number of amides is 1. The molecule has 3 rings (SSSR count). The van der Waals surface area contributed by atoms with E-state index in [0.717, 1.165) is 0 Å². The van der Waals surface area contributed by atoms with Crippen molar-refractivity contribution in [3.8, 4) is 0 Å². The van der Waals surface area contributed by atoms with Crippen LogP contribution in [0.15, 0.2) is 74.8 Å². The molecule has 0 bridgehead atoms. The van der Waals surface area contributed by atoms with Gasteiger partial charge in [0.25, 0.3) is 5.91 Å². The molecule has 1 aliphatic heterocycles. The van der Waals surface area contributed by atoms with E-state index in [2.05, 4.69) is 5.10 Å². The average Bonchev–Trinajstić information content (AvgIpc) is 3.17. The molecule has 0 aliphatic carbocycles. The Kier molecular flexibility index (Phi) is 4.39. The summed E-state index contributed by atoms with van der Waals surface area (Å²) in [5, 5.41) is 10.5. The number of benzene rings is 1. The van der Waals surface area contributed by atoms with Gasteiger partial charge in [-0.25, -0.2) is 13.6 Å². The van der Waals surface area contributed by atoms with Gasteiger partial charge in [-0.1, -0.05) is 6.08 Å². The smallest absolute Gasteiger partial charge is 0.280 e. The largest absolute Gasteiger partial charge is 0.465 e. The van der Waals surface area contributed by atoms with Crippen molar-refractivity contribution in [3.05, 3.63) is 66.1 Å². The molecule has 25 heavy (non-hydrogen) atoms. The molecule has 1 aliphatic rings.